The zero-order valence-electron chi connectivity index (χ0n) is 12.1. The van der Waals surface area contributed by atoms with Crippen molar-refractivity contribution in [2.45, 2.75) is 51.2 Å². The molecule has 104 valence electrons. The largest absolute Gasteiger partial charge is 0.316 e. The summed E-state index contributed by atoms with van der Waals surface area (Å²) in [6.07, 6.45) is 7.24. The van der Waals surface area contributed by atoms with Gasteiger partial charge in [-0.05, 0) is 56.3 Å². The molecule has 1 N–H and O–H groups in total. The summed E-state index contributed by atoms with van der Waals surface area (Å²) in [5, 5.41) is 3.20. The predicted octanol–water partition coefficient (Wildman–Crippen LogP) is 3.17. The number of benzene rings is 1. The summed E-state index contributed by atoms with van der Waals surface area (Å²) in [6.45, 7) is 3.43. The Morgan fingerprint density at radius 3 is 2.58 bits per heavy atom. The molecule has 1 saturated heterocycles. The number of fused-ring (bicyclic) bond motifs is 1. The third-order valence-electron chi connectivity index (χ3n) is 4.90. The molecule has 1 heterocycles. The maximum absolute atomic E-state index is 3.20. The minimum absolute atomic E-state index is 0.880. The highest BCUT2D eigenvalue weighted by molar-refractivity contribution is 5.22. The van der Waals surface area contributed by atoms with Crippen LogP contribution in [0.1, 0.15) is 43.2 Å². The van der Waals surface area contributed by atoms with Gasteiger partial charge < -0.3 is 5.32 Å². The van der Waals surface area contributed by atoms with E-state index in [4.69, 9.17) is 0 Å². The number of nitrogens with one attached hydrogen (secondary N) is 1. The first-order valence-electron chi connectivity index (χ1n) is 7.83. The Morgan fingerprint density at radius 1 is 1.05 bits per heavy atom. The van der Waals surface area contributed by atoms with E-state index < -0.39 is 0 Å². The Hall–Kier alpha value is -0.860. The molecule has 1 aromatic carbocycles. The monoisotopic (exact) mass is 258 g/mol. The summed E-state index contributed by atoms with van der Waals surface area (Å²) in [4.78, 5) is 2.74. The van der Waals surface area contributed by atoms with Crippen LogP contribution in [0.15, 0.2) is 24.3 Å². The van der Waals surface area contributed by atoms with Crippen LogP contribution in [0.25, 0.3) is 0 Å². The van der Waals surface area contributed by atoms with Crippen LogP contribution in [0, 0.1) is 5.92 Å². The maximum Gasteiger partial charge on any atom is 0.0236 e. The lowest BCUT2D eigenvalue weighted by Gasteiger charge is -2.37. The first kappa shape index (κ1) is 13.1. The molecule has 0 aromatic heterocycles. The zero-order chi connectivity index (χ0) is 13.1. The van der Waals surface area contributed by atoms with Gasteiger partial charge in [-0.3, -0.25) is 4.90 Å². The van der Waals surface area contributed by atoms with Crippen molar-refractivity contribution in [3.63, 3.8) is 0 Å². The number of hydrogen-bond acceptors (Lipinski definition) is 2. The molecule has 19 heavy (non-hydrogen) atoms. The number of likely N-dealkylation sites (tertiary alicyclic amines) is 1. The molecule has 2 aliphatic rings. The Kier molecular flexibility index (Phi) is 4.19. The molecule has 1 aromatic rings. The van der Waals surface area contributed by atoms with E-state index in [2.05, 4.69) is 34.5 Å². The van der Waals surface area contributed by atoms with Crippen LogP contribution in [-0.2, 0) is 13.1 Å². The third kappa shape index (κ3) is 3.01. The van der Waals surface area contributed by atoms with Gasteiger partial charge in [-0.15, -0.1) is 0 Å². The van der Waals surface area contributed by atoms with Gasteiger partial charge in [-0.1, -0.05) is 30.7 Å². The second kappa shape index (κ2) is 6.06. The van der Waals surface area contributed by atoms with Crippen LogP contribution in [0.3, 0.4) is 0 Å². The highest BCUT2D eigenvalue weighted by Gasteiger charge is 2.34. The van der Waals surface area contributed by atoms with Gasteiger partial charge in [0.25, 0.3) is 0 Å². The van der Waals surface area contributed by atoms with E-state index in [-0.39, 0.29) is 0 Å². The van der Waals surface area contributed by atoms with E-state index in [0.717, 1.165) is 25.0 Å². The van der Waals surface area contributed by atoms with Crippen LogP contribution in [0.4, 0.5) is 0 Å². The molecule has 1 aliphatic heterocycles. The lowest BCUT2D eigenvalue weighted by atomic mass is 9.91. The minimum atomic E-state index is 0.880. The number of nitrogens with zero attached hydrogens (tertiary/aromatic N) is 1. The molecule has 2 heteroatoms. The van der Waals surface area contributed by atoms with E-state index in [0.29, 0.717) is 0 Å². The average molecular weight is 258 g/mol. The first-order chi connectivity index (χ1) is 9.36. The molecule has 2 fully saturated rings. The molecule has 2 nitrogen and oxygen atoms in total. The normalized spacial score (nSPS) is 27.4. The molecule has 0 spiro atoms. The molecule has 2 atom stereocenters. The standard InChI is InChI=1S/C17H26N2/c1-18-12-14-7-9-15(10-8-14)13-19-11-3-5-16-4-2-6-17(16)19/h7-10,16-18H,2-6,11-13H2,1H3. The van der Waals surface area contributed by atoms with Crippen molar-refractivity contribution in [3.8, 4) is 0 Å². The van der Waals surface area contributed by atoms with E-state index in [1.807, 2.05) is 7.05 Å². The summed E-state index contributed by atoms with van der Waals surface area (Å²) in [7, 11) is 2.00. The Labute approximate surface area is 117 Å². The van der Waals surface area contributed by atoms with E-state index in [1.165, 1.54) is 49.8 Å². The summed E-state index contributed by atoms with van der Waals surface area (Å²) in [5.74, 6) is 0.998. The molecule has 0 radical (unpaired) electrons. The fourth-order valence-corrected chi connectivity index (χ4v) is 3.95. The SMILES string of the molecule is CNCc1ccc(CN2CCCC3CCCC32)cc1. The number of hydrogen-bond donors (Lipinski definition) is 1. The lowest BCUT2D eigenvalue weighted by molar-refractivity contribution is 0.106. The number of piperidine rings is 1. The molecule has 1 saturated carbocycles. The summed E-state index contributed by atoms with van der Waals surface area (Å²) >= 11 is 0. The van der Waals surface area contributed by atoms with Gasteiger partial charge in [0.2, 0.25) is 0 Å². The van der Waals surface area contributed by atoms with Gasteiger partial charge >= 0.3 is 0 Å². The average Bonchev–Trinajstić information content (AvgIpc) is 2.91. The minimum Gasteiger partial charge on any atom is -0.316 e. The van der Waals surface area contributed by atoms with Crippen LogP contribution < -0.4 is 5.32 Å². The van der Waals surface area contributed by atoms with Crippen molar-refractivity contribution < 1.29 is 0 Å². The van der Waals surface area contributed by atoms with Crippen molar-refractivity contribution in [2.24, 2.45) is 5.92 Å². The highest BCUT2D eigenvalue weighted by atomic mass is 15.2. The van der Waals surface area contributed by atoms with Gasteiger partial charge in [0, 0.05) is 19.1 Å². The molecule has 2 unspecified atom stereocenters. The number of rotatable bonds is 4. The molecule has 3 rings (SSSR count). The topological polar surface area (TPSA) is 15.3 Å². The van der Waals surface area contributed by atoms with Crippen molar-refractivity contribution in [3.05, 3.63) is 35.4 Å². The van der Waals surface area contributed by atoms with Gasteiger partial charge in [0.05, 0.1) is 0 Å². The smallest absolute Gasteiger partial charge is 0.0236 e. The van der Waals surface area contributed by atoms with Crippen LogP contribution in [0.2, 0.25) is 0 Å². The van der Waals surface area contributed by atoms with E-state index >= 15 is 0 Å². The highest BCUT2D eigenvalue weighted by Crippen LogP contribution is 2.37. The van der Waals surface area contributed by atoms with Crippen molar-refractivity contribution in [1.29, 1.82) is 0 Å². The third-order valence-corrected chi connectivity index (χ3v) is 4.90. The van der Waals surface area contributed by atoms with E-state index in [9.17, 15) is 0 Å². The van der Waals surface area contributed by atoms with Crippen LogP contribution >= 0.6 is 0 Å². The fraction of sp³-hybridized carbons (Fsp3) is 0.647. The van der Waals surface area contributed by atoms with E-state index in [1.54, 1.807) is 0 Å². The summed E-state index contributed by atoms with van der Waals surface area (Å²) < 4.78 is 0. The van der Waals surface area contributed by atoms with Gasteiger partial charge in [-0.2, -0.15) is 0 Å². The molecular formula is C17H26N2. The Bertz CT molecular complexity index is 398. The maximum atomic E-state index is 3.20. The molecular weight excluding hydrogens is 232 g/mol. The van der Waals surface area contributed by atoms with Crippen LogP contribution in [-0.4, -0.2) is 24.5 Å². The molecule has 0 amide bonds. The second-order valence-corrected chi connectivity index (χ2v) is 6.22. The Balaban J connectivity index is 1.63. The zero-order valence-corrected chi connectivity index (χ0v) is 12.1. The Morgan fingerprint density at radius 2 is 1.79 bits per heavy atom. The summed E-state index contributed by atoms with van der Waals surface area (Å²) in [5.41, 5.74) is 2.86. The van der Waals surface area contributed by atoms with Crippen molar-refractivity contribution >= 4 is 0 Å². The summed E-state index contributed by atoms with van der Waals surface area (Å²) in [6, 6.07) is 10.0. The second-order valence-electron chi connectivity index (χ2n) is 6.22. The van der Waals surface area contributed by atoms with Gasteiger partial charge in [0.15, 0.2) is 0 Å². The van der Waals surface area contributed by atoms with Crippen molar-refractivity contribution in [2.75, 3.05) is 13.6 Å². The quantitative estimate of drug-likeness (QED) is 0.892. The van der Waals surface area contributed by atoms with Gasteiger partial charge in [0.1, 0.15) is 0 Å². The fourth-order valence-electron chi connectivity index (χ4n) is 3.95. The van der Waals surface area contributed by atoms with Crippen molar-refractivity contribution in [1.82, 2.24) is 10.2 Å². The molecule has 1 aliphatic carbocycles. The lowest BCUT2D eigenvalue weighted by Crippen LogP contribution is -2.41. The molecule has 0 bridgehead atoms. The first-order valence-corrected chi connectivity index (χ1v) is 7.83. The van der Waals surface area contributed by atoms with Crippen LogP contribution in [0.5, 0.6) is 0 Å². The van der Waals surface area contributed by atoms with Gasteiger partial charge in [-0.25, -0.2) is 0 Å². The predicted molar refractivity (Wildman–Crippen MR) is 80.0 cm³/mol.